The Labute approximate surface area is 257 Å². The van der Waals surface area contributed by atoms with Gasteiger partial charge in [0.1, 0.15) is 12.6 Å². The molecule has 1 atom stereocenters. The van der Waals surface area contributed by atoms with Crippen molar-refractivity contribution in [1.29, 1.82) is 0 Å². The van der Waals surface area contributed by atoms with Crippen molar-refractivity contribution in [3.8, 4) is 11.5 Å². The molecule has 9 nitrogen and oxygen atoms in total. The number of hydrogen-bond donors (Lipinski definition) is 1. The second-order valence-corrected chi connectivity index (χ2v) is 13.3. The van der Waals surface area contributed by atoms with Gasteiger partial charge in [-0.05, 0) is 81.8 Å². The van der Waals surface area contributed by atoms with Gasteiger partial charge in [-0.25, -0.2) is 8.42 Å². The first-order valence-corrected chi connectivity index (χ1v) is 15.2. The average Bonchev–Trinajstić information content (AvgIpc) is 2.93. The molecule has 1 unspecified atom stereocenters. The number of nitrogens with one attached hydrogen (secondary N) is 1. The van der Waals surface area contributed by atoms with E-state index >= 15 is 0 Å². The molecule has 3 aromatic carbocycles. The van der Waals surface area contributed by atoms with Gasteiger partial charge >= 0.3 is 0 Å². The van der Waals surface area contributed by atoms with Crippen LogP contribution < -0.4 is 19.1 Å². The smallest absolute Gasteiger partial charge is 0.264 e. The van der Waals surface area contributed by atoms with Crippen molar-refractivity contribution in [1.82, 2.24) is 10.2 Å². The van der Waals surface area contributed by atoms with Gasteiger partial charge in [0.25, 0.3) is 10.0 Å². The number of ether oxygens (including phenoxy) is 2. The van der Waals surface area contributed by atoms with Crippen LogP contribution in [-0.4, -0.2) is 57.5 Å². The molecule has 0 aliphatic heterocycles. The highest BCUT2D eigenvalue weighted by atomic mass is 35.5. The molecule has 0 radical (unpaired) electrons. The van der Waals surface area contributed by atoms with Gasteiger partial charge < -0.3 is 19.7 Å². The van der Waals surface area contributed by atoms with E-state index in [9.17, 15) is 18.0 Å². The van der Waals surface area contributed by atoms with Crippen molar-refractivity contribution in [3.63, 3.8) is 0 Å². The second-order valence-electron chi connectivity index (χ2n) is 10.6. The Morgan fingerprint density at radius 3 is 2.12 bits per heavy atom. The lowest BCUT2D eigenvalue weighted by Gasteiger charge is -2.33. The summed E-state index contributed by atoms with van der Waals surface area (Å²) < 4.78 is 39.7. The fraction of sp³-hybridized carbons (Fsp3) is 0.333. The van der Waals surface area contributed by atoms with Crippen LogP contribution >= 0.6 is 23.2 Å². The van der Waals surface area contributed by atoms with Crippen LogP contribution in [0.15, 0.2) is 71.6 Å². The summed E-state index contributed by atoms with van der Waals surface area (Å²) in [5.74, 6) is -0.447. The van der Waals surface area contributed by atoms with Crippen LogP contribution in [0.25, 0.3) is 0 Å². The first-order chi connectivity index (χ1) is 19.7. The van der Waals surface area contributed by atoms with E-state index in [1.807, 2.05) is 20.8 Å². The Morgan fingerprint density at radius 2 is 1.55 bits per heavy atom. The predicted molar refractivity (Wildman–Crippen MR) is 165 cm³/mol. The molecule has 0 bridgehead atoms. The Bertz CT molecular complexity index is 1520. The van der Waals surface area contributed by atoms with Crippen molar-refractivity contribution >= 4 is 50.7 Å². The summed E-state index contributed by atoms with van der Waals surface area (Å²) in [4.78, 5) is 28.4. The van der Waals surface area contributed by atoms with E-state index in [4.69, 9.17) is 32.7 Å². The predicted octanol–water partition coefficient (Wildman–Crippen LogP) is 5.54. The number of halogens is 2. The molecule has 42 heavy (non-hydrogen) atoms. The second kappa shape index (κ2) is 13.7. The third-order valence-electron chi connectivity index (χ3n) is 6.24. The quantitative estimate of drug-likeness (QED) is 0.297. The van der Waals surface area contributed by atoms with Crippen LogP contribution in [0.1, 0.15) is 33.3 Å². The fourth-order valence-corrected chi connectivity index (χ4v) is 5.90. The molecule has 0 spiro atoms. The topological polar surface area (TPSA) is 105 Å². The van der Waals surface area contributed by atoms with E-state index in [0.717, 1.165) is 4.31 Å². The average molecular weight is 637 g/mol. The maximum atomic E-state index is 14.1. The number of methoxy groups -OCH3 is 2. The summed E-state index contributed by atoms with van der Waals surface area (Å²) in [6.07, 6.45) is 0. The SMILES string of the molecule is COc1ccc(S(=O)(=O)N(CC(=O)N(Cc2cccc(Cl)c2)C(C)C(=O)NC(C)(C)C)c2ccc(Cl)cc2)cc1OC. The molecule has 3 aromatic rings. The van der Waals surface area contributed by atoms with E-state index < -0.39 is 40.0 Å². The molecule has 0 saturated carbocycles. The number of amides is 2. The van der Waals surface area contributed by atoms with E-state index in [-0.39, 0.29) is 22.9 Å². The number of carbonyl (C=O) groups excluding carboxylic acids is 2. The zero-order valence-electron chi connectivity index (χ0n) is 24.4. The zero-order chi connectivity index (χ0) is 31.2. The molecule has 1 N–H and O–H groups in total. The minimum absolute atomic E-state index is 0.0169. The normalized spacial score (nSPS) is 12.3. The molecule has 0 aromatic heterocycles. The molecule has 0 saturated heterocycles. The minimum atomic E-state index is -4.32. The zero-order valence-corrected chi connectivity index (χ0v) is 26.7. The molecule has 0 aliphatic carbocycles. The minimum Gasteiger partial charge on any atom is -0.493 e. The van der Waals surface area contributed by atoms with E-state index in [1.165, 1.54) is 61.6 Å². The van der Waals surface area contributed by atoms with Crippen molar-refractivity contribution in [2.45, 2.75) is 50.7 Å². The van der Waals surface area contributed by atoms with Crippen molar-refractivity contribution in [3.05, 3.63) is 82.3 Å². The molecule has 0 aliphatic rings. The van der Waals surface area contributed by atoms with E-state index in [2.05, 4.69) is 5.32 Å². The van der Waals surface area contributed by atoms with Gasteiger partial charge in [-0.2, -0.15) is 0 Å². The Hall–Kier alpha value is -3.47. The van der Waals surface area contributed by atoms with E-state index in [1.54, 1.807) is 31.2 Å². The fourth-order valence-electron chi connectivity index (χ4n) is 4.13. The summed E-state index contributed by atoms with van der Waals surface area (Å²) in [5, 5.41) is 3.75. The number of nitrogens with zero attached hydrogens (tertiary/aromatic N) is 2. The summed E-state index contributed by atoms with van der Waals surface area (Å²) in [7, 11) is -1.49. The molecule has 2 amide bonds. The lowest BCUT2D eigenvalue weighted by molar-refractivity contribution is -0.140. The first kappa shape index (κ1) is 33.0. The molecular weight excluding hydrogens is 601 g/mol. The third kappa shape index (κ3) is 8.30. The van der Waals surface area contributed by atoms with Crippen molar-refractivity contribution < 1.29 is 27.5 Å². The third-order valence-corrected chi connectivity index (χ3v) is 8.50. The number of benzene rings is 3. The maximum Gasteiger partial charge on any atom is 0.264 e. The summed E-state index contributed by atoms with van der Waals surface area (Å²) >= 11 is 12.3. The highest BCUT2D eigenvalue weighted by Crippen LogP contribution is 2.32. The van der Waals surface area contributed by atoms with Crippen LogP contribution in [0.3, 0.4) is 0 Å². The summed E-state index contributed by atoms with van der Waals surface area (Å²) in [6, 6.07) is 16.2. The highest BCUT2D eigenvalue weighted by Gasteiger charge is 2.34. The maximum absolute atomic E-state index is 14.1. The monoisotopic (exact) mass is 635 g/mol. The molecule has 3 rings (SSSR count). The van der Waals surface area contributed by atoms with Gasteiger partial charge in [0, 0.05) is 28.2 Å². The van der Waals surface area contributed by atoms with Gasteiger partial charge in [0.15, 0.2) is 11.5 Å². The molecule has 226 valence electrons. The molecule has 12 heteroatoms. The highest BCUT2D eigenvalue weighted by molar-refractivity contribution is 7.92. The largest absolute Gasteiger partial charge is 0.493 e. The van der Waals surface area contributed by atoms with Gasteiger partial charge in [0.05, 0.1) is 24.8 Å². The molecule has 0 heterocycles. The van der Waals surface area contributed by atoms with Crippen LogP contribution in [0, 0.1) is 0 Å². The number of carbonyl (C=O) groups is 2. The van der Waals surface area contributed by atoms with Crippen molar-refractivity contribution in [2.75, 3.05) is 25.1 Å². The number of rotatable bonds is 11. The van der Waals surface area contributed by atoms with Crippen molar-refractivity contribution in [2.24, 2.45) is 0 Å². The van der Waals surface area contributed by atoms with Crippen LogP contribution in [0.2, 0.25) is 10.0 Å². The van der Waals surface area contributed by atoms with Gasteiger partial charge in [0.2, 0.25) is 11.8 Å². The van der Waals surface area contributed by atoms with E-state index in [0.29, 0.717) is 21.4 Å². The van der Waals surface area contributed by atoms with Crippen LogP contribution in [-0.2, 0) is 26.2 Å². The molecule has 0 fully saturated rings. The van der Waals surface area contributed by atoms with Crippen LogP contribution in [0.5, 0.6) is 11.5 Å². The number of hydrogen-bond acceptors (Lipinski definition) is 6. The molecular formula is C30H35Cl2N3O6S. The number of sulfonamides is 1. The Balaban J connectivity index is 2.08. The van der Waals surface area contributed by atoms with Crippen LogP contribution in [0.4, 0.5) is 5.69 Å². The number of anilines is 1. The van der Waals surface area contributed by atoms with Gasteiger partial charge in [-0.3, -0.25) is 13.9 Å². The Morgan fingerprint density at radius 1 is 0.905 bits per heavy atom. The van der Waals surface area contributed by atoms with Gasteiger partial charge in [-0.1, -0.05) is 35.3 Å². The lowest BCUT2D eigenvalue weighted by Crippen LogP contribution is -2.54. The summed E-state index contributed by atoms with van der Waals surface area (Å²) in [6.45, 7) is 6.50. The van der Waals surface area contributed by atoms with Gasteiger partial charge in [-0.15, -0.1) is 0 Å². The first-order valence-electron chi connectivity index (χ1n) is 13.0. The standard InChI is InChI=1S/C30H35Cl2N3O6S/c1-20(29(37)33-30(2,3)4)34(18-21-8-7-9-23(32)16-21)28(36)19-35(24-12-10-22(31)11-13-24)42(38,39)25-14-15-26(40-5)27(17-25)41-6/h7-17,20H,18-19H2,1-6H3,(H,33,37). The Kier molecular flexibility index (Phi) is 10.8. The summed E-state index contributed by atoms with van der Waals surface area (Å²) in [5.41, 5.74) is 0.325. The lowest BCUT2D eigenvalue weighted by atomic mass is 10.1.